The van der Waals surface area contributed by atoms with Crippen LogP contribution in [-0.4, -0.2) is 11.2 Å². The Hall–Kier alpha value is -0.810. The molecule has 1 nitrogen and oxygen atoms in total. The third-order valence-corrected chi connectivity index (χ3v) is 1.50. The molecule has 0 spiro atoms. The van der Waals surface area contributed by atoms with E-state index >= 15 is 0 Å². The van der Waals surface area contributed by atoms with Crippen LogP contribution in [0.1, 0.15) is 39.5 Å². The Labute approximate surface area is 79.7 Å². The Kier molecular flexibility index (Phi) is 7.33. The highest BCUT2D eigenvalue weighted by atomic mass is 19.1. The van der Waals surface area contributed by atoms with Crippen LogP contribution >= 0.6 is 0 Å². The van der Waals surface area contributed by atoms with Crippen LogP contribution in [0.5, 0.6) is 0 Å². The number of hydrogen-bond acceptors (Lipinski definition) is 1. The monoisotopic (exact) mass is 184 g/mol. The second-order valence-corrected chi connectivity index (χ2v) is 2.85. The number of aliphatic hydroxyl groups is 1. The maximum absolute atomic E-state index is 12.9. The highest BCUT2D eigenvalue weighted by Crippen LogP contribution is 2.05. The summed E-state index contributed by atoms with van der Waals surface area (Å²) < 4.78 is 12.9. The Morgan fingerprint density at radius 1 is 1.46 bits per heavy atom. The summed E-state index contributed by atoms with van der Waals surface area (Å²) in [7, 11) is 0. The molecule has 0 radical (unpaired) electrons. The van der Waals surface area contributed by atoms with Gasteiger partial charge in [0.05, 0.1) is 0 Å². The van der Waals surface area contributed by atoms with E-state index in [9.17, 15) is 4.39 Å². The number of aliphatic hydroxyl groups excluding tert-OH is 1. The second kappa shape index (κ2) is 7.82. The lowest BCUT2D eigenvalue weighted by atomic mass is 10.2. The van der Waals surface area contributed by atoms with E-state index in [1.807, 2.05) is 13.8 Å². The summed E-state index contributed by atoms with van der Waals surface area (Å²) in [6, 6.07) is 0. The molecular formula is C11H17FO. The van der Waals surface area contributed by atoms with E-state index in [2.05, 4.69) is 11.8 Å². The van der Waals surface area contributed by atoms with Crippen molar-refractivity contribution in [1.29, 1.82) is 0 Å². The van der Waals surface area contributed by atoms with Crippen molar-refractivity contribution in [2.75, 3.05) is 0 Å². The lowest BCUT2D eigenvalue weighted by Crippen LogP contribution is -2.03. The molecule has 0 heterocycles. The first-order chi connectivity index (χ1) is 6.22. The van der Waals surface area contributed by atoms with Gasteiger partial charge in [-0.2, -0.15) is 0 Å². The average molecular weight is 184 g/mol. The van der Waals surface area contributed by atoms with Crippen molar-refractivity contribution in [1.82, 2.24) is 0 Å². The van der Waals surface area contributed by atoms with Crippen LogP contribution in [0.25, 0.3) is 0 Å². The lowest BCUT2D eigenvalue weighted by molar-refractivity contribution is 0.236. The van der Waals surface area contributed by atoms with Crippen molar-refractivity contribution in [2.24, 2.45) is 0 Å². The van der Waals surface area contributed by atoms with E-state index in [-0.39, 0.29) is 0 Å². The molecule has 0 bridgehead atoms. The van der Waals surface area contributed by atoms with E-state index in [1.165, 1.54) is 6.08 Å². The second-order valence-electron chi connectivity index (χ2n) is 2.85. The highest BCUT2D eigenvalue weighted by molar-refractivity contribution is 5.16. The molecule has 0 aromatic heterocycles. The molecule has 0 aliphatic rings. The van der Waals surface area contributed by atoms with E-state index in [1.54, 1.807) is 0 Å². The van der Waals surface area contributed by atoms with Crippen molar-refractivity contribution < 1.29 is 9.50 Å². The molecule has 13 heavy (non-hydrogen) atoms. The molecule has 2 heteroatoms. The van der Waals surface area contributed by atoms with Crippen LogP contribution < -0.4 is 0 Å². The molecule has 0 aromatic carbocycles. The minimum atomic E-state index is -1.22. The largest absolute Gasteiger partial charge is 0.374 e. The first kappa shape index (κ1) is 12.2. The van der Waals surface area contributed by atoms with Crippen molar-refractivity contribution in [3.8, 4) is 11.8 Å². The molecule has 0 amide bonds. The van der Waals surface area contributed by atoms with Crippen LogP contribution in [0, 0.1) is 11.8 Å². The first-order valence-electron chi connectivity index (χ1n) is 4.74. The predicted octanol–water partition coefficient (Wildman–Crippen LogP) is 2.80. The minimum Gasteiger partial charge on any atom is -0.374 e. The normalized spacial score (nSPS) is 13.4. The Morgan fingerprint density at radius 2 is 2.15 bits per heavy atom. The van der Waals surface area contributed by atoms with Gasteiger partial charge < -0.3 is 5.11 Å². The number of rotatable bonds is 4. The van der Waals surface area contributed by atoms with Crippen LogP contribution in [0.2, 0.25) is 0 Å². The van der Waals surface area contributed by atoms with E-state index in [0.29, 0.717) is 12.8 Å². The summed E-state index contributed by atoms with van der Waals surface area (Å²) in [6.07, 6.45) is 3.34. The van der Waals surface area contributed by atoms with Crippen LogP contribution in [0.15, 0.2) is 11.9 Å². The van der Waals surface area contributed by atoms with Crippen molar-refractivity contribution in [3.05, 3.63) is 11.9 Å². The summed E-state index contributed by atoms with van der Waals surface area (Å²) in [4.78, 5) is 0. The zero-order valence-corrected chi connectivity index (χ0v) is 8.31. The summed E-state index contributed by atoms with van der Waals surface area (Å²) in [5.74, 6) is 4.64. The fourth-order valence-electron chi connectivity index (χ4n) is 0.757. The molecular weight excluding hydrogens is 167 g/mol. The Bertz CT molecular complexity index is 210. The quantitative estimate of drug-likeness (QED) is 0.666. The molecule has 1 atom stereocenters. The van der Waals surface area contributed by atoms with E-state index < -0.39 is 11.9 Å². The van der Waals surface area contributed by atoms with Gasteiger partial charge in [0.1, 0.15) is 5.83 Å². The van der Waals surface area contributed by atoms with Gasteiger partial charge in [-0.25, -0.2) is 4.39 Å². The van der Waals surface area contributed by atoms with Gasteiger partial charge in [0.15, 0.2) is 6.10 Å². The number of allylic oxidation sites excluding steroid dienone is 1. The third-order valence-electron chi connectivity index (χ3n) is 1.50. The maximum Gasteiger partial charge on any atom is 0.165 e. The highest BCUT2D eigenvalue weighted by Gasteiger charge is 2.04. The molecule has 0 aliphatic heterocycles. The number of unbranched alkanes of at least 4 members (excludes halogenated alkanes) is 2. The summed E-state index contributed by atoms with van der Waals surface area (Å²) >= 11 is 0. The third kappa shape index (κ3) is 6.36. The zero-order valence-electron chi connectivity index (χ0n) is 8.31. The zero-order chi connectivity index (χ0) is 10.1. The van der Waals surface area contributed by atoms with Crippen molar-refractivity contribution in [3.63, 3.8) is 0 Å². The van der Waals surface area contributed by atoms with Gasteiger partial charge in [-0.05, 0) is 18.9 Å². The fourth-order valence-corrected chi connectivity index (χ4v) is 0.757. The number of hydrogen-bond donors (Lipinski definition) is 1. The molecule has 0 aliphatic carbocycles. The molecule has 0 fully saturated rings. The SMILES string of the molecule is CCCC#CC(O)/C(F)=C\CCC. The molecule has 0 saturated heterocycles. The van der Waals surface area contributed by atoms with Gasteiger partial charge in [-0.3, -0.25) is 0 Å². The first-order valence-corrected chi connectivity index (χ1v) is 4.74. The van der Waals surface area contributed by atoms with Crippen molar-refractivity contribution >= 4 is 0 Å². The van der Waals surface area contributed by atoms with Gasteiger partial charge in [-0.1, -0.05) is 26.2 Å². The molecule has 74 valence electrons. The molecule has 1 unspecified atom stereocenters. The summed E-state index contributed by atoms with van der Waals surface area (Å²) in [5, 5.41) is 9.15. The van der Waals surface area contributed by atoms with Gasteiger partial charge in [-0.15, -0.1) is 5.92 Å². The van der Waals surface area contributed by atoms with Crippen LogP contribution in [0.4, 0.5) is 4.39 Å². The molecule has 0 saturated carbocycles. The molecule has 0 rings (SSSR count). The average Bonchev–Trinajstić information content (AvgIpc) is 2.14. The van der Waals surface area contributed by atoms with E-state index in [4.69, 9.17) is 5.11 Å². The van der Waals surface area contributed by atoms with Crippen LogP contribution in [0.3, 0.4) is 0 Å². The summed E-state index contributed by atoms with van der Waals surface area (Å²) in [5.41, 5.74) is 0. The van der Waals surface area contributed by atoms with Gasteiger partial charge in [0.2, 0.25) is 0 Å². The van der Waals surface area contributed by atoms with Crippen molar-refractivity contribution in [2.45, 2.75) is 45.6 Å². The lowest BCUT2D eigenvalue weighted by Gasteiger charge is -1.98. The standard InChI is InChI=1S/C11H17FO/c1-3-5-7-9-11(13)10(12)8-6-4-2/h8,11,13H,3-6H2,1-2H3/b10-8+. The topological polar surface area (TPSA) is 20.2 Å². The number of halogens is 1. The van der Waals surface area contributed by atoms with E-state index in [0.717, 1.165) is 12.8 Å². The Morgan fingerprint density at radius 3 is 2.69 bits per heavy atom. The van der Waals surface area contributed by atoms with Crippen LogP contribution in [-0.2, 0) is 0 Å². The minimum absolute atomic E-state index is 0.523. The molecule has 1 N–H and O–H groups in total. The maximum atomic E-state index is 12.9. The molecule has 0 aromatic rings. The van der Waals surface area contributed by atoms with Gasteiger partial charge in [0.25, 0.3) is 0 Å². The fraction of sp³-hybridized carbons (Fsp3) is 0.636. The summed E-state index contributed by atoms with van der Waals surface area (Å²) in [6.45, 7) is 3.95. The predicted molar refractivity (Wildman–Crippen MR) is 52.8 cm³/mol. The Balaban J connectivity index is 3.96. The van der Waals surface area contributed by atoms with Gasteiger partial charge >= 0.3 is 0 Å². The van der Waals surface area contributed by atoms with Gasteiger partial charge in [0, 0.05) is 6.42 Å². The smallest absolute Gasteiger partial charge is 0.165 e.